The van der Waals surface area contributed by atoms with E-state index >= 15 is 0 Å². The van der Waals surface area contributed by atoms with Crippen molar-refractivity contribution in [3.05, 3.63) is 63.6 Å². The first-order chi connectivity index (χ1) is 12.2. The molecular weight excluding hydrogens is 418 g/mol. The molecule has 8 heteroatoms. The second kappa shape index (κ2) is 8.46. The third-order valence-corrected chi connectivity index (χ3v) is 5.23. The first-order valence-corrected chi connectivity index (χ1v) is 10.4. The van der Waals surface area contributed by atoms with Crippen LogP contribution in [0.3, 0.4) is 0 Å². The van der Waals surface area contributed by atoms with Crippen LogP contribution in [-0.2, 0) is 14.8 Å². The van der Waals surface area contributed by atoms with Crippen molar-refractivity contribution in [2.24, 2.45) is 5.10 Å². The van der Waals surface area contributed by atoms with Gasteiger partial charge in [0.15, 0.2) is 0 Å². The number of nitrogens with zero attached hydrogens (tertiary/aromatic N) is 2. The van der Waals surface area contributed by atoms with Gasteiger partial charge in [-0.05, 0) is 42.7 Å². The van der Waals surface area contributed by atoms with Crippen LogP contribution in [0.15, 0.2) is 52.0 Å². The molecule has 138 valence electrons. The van der Waals surface area contributed by atoms with E-state index in [1.807, 2.05) is 56.3 Å². The first kappa shape index (κ1) is 20.1. The van der Waals surface area contributed by atoms with Gasteiger partial charge in [0, 0.05) is 4.47 Å². The smallest absolute Gasteiger partial charge is 0.260 e. The van der Waals surface area contributed by atoms with Crippen LogP contribution in [0.5, 0.6) is 0 Å². The van der Waals surface area contributed by atoms with Crippen LogP contribution in [0.1, 0.15) is 16.7 Å². The third-order valence-electron chi connectivity index (χ3n) is 3.63. The molecule has 0 aromatic heterocycles. The van der Waals surface area contributed by atoms with Gasteiger partial charge in [-0.3, -0.25) is 9.10 Å². The molecule has 0 bridgehead atoms. The normalized spacial score (nSPS) is 11.5. The fourth-order valence-corrected chi connectivity index (χ4v) is 3.88. The second-order valence-corrected chi connectivity index (χ2v) is 8.68. The van der Waals surface area contributed by atoms with Crippen LogP contribution in [-0.4, -0.2) is 33.3 Å². The van der Waals surface area contributed by atoms with Crippen molar-refractivity contribution in [2.75, 3.05) is 17.1 Å². The number of carbonyl (C=O) groups is 1. The molecule has 26 heavy (non-hydrogen) atoms. The van der Waals surface area contributed by atoms with E-state index < -0.39 is 15.9 Å². The molecule has 2 aromatic carbocycles. The highest BCUT2D eigenvalue weighted by Crippen LogP contribution is 2.26. The minimum atomic E-state index is -3.63. The minimum Gasteiger partial charge on any atom is -0.271 e. The molecule has 2 rings (SSSR count). The van der Waals surface area contributed by atoms with E-state index in [9.17, 15) is 13.2 Å². The summed E-state index contributed by atoms with van der Waals surface area (Å²) in [6, 6.07) is 12.9. The van der Waals surface area contributed by atoms with Crippen molar-refractivity contribution in [1.82, 2.24) is 5.43 Å². The SMILES string of the molecule is Cc1cccc(C)c1N(CC(=O)N/N=C\c1cccc(Br)c1)S(C)(=O)=O. The molecule has 1 N–H and O–H groups in total. The molecule has 0 aliphatic heterocycles. The lowest BCUT2D eigenvalue weighted by Gasteiger charge is -2.25. The van der Waals surface area contributed by atoms with Crippen LogP contribution >= 0.6 is 15.9 Å². The van der Waals surface area contributed by atoms with Crippen LogP contribution in [0, 0.1) is 13.8 Å². The number of benzene rings is 2. The summed E-state index contributed by atoms with van der Waals surface area (Å²) in [5.74, 6) is -0.524. The van der Waals surface area contributed by atoms with Crippen LogP contribution in [0.25, 0.3) is 0 Å². The molecule has 0 radical (unpaired) electrons. The molecule has 0 aliphatic carbocycles. The maximum absolute atomic E-state index is 12.2. The molecule has 0 saturated heterocycles. The average Bonchev–Trinajstić information content (AvgIpc) is 2.53. The number of sulfonamides is 1. The van der Waals surface area contributed by atoms with Crippen molar-refractivity contribution in [3.8, 4) is 0 Å². The van der Waals surface area contributed by atoms with E-state index in [4.69, 9.17) is 0 Å². The van der Waals surface area contributed by atoms with Gasteiger partial charge in [0.25, 0.3) is 5.91 Å². The maximum Gasteiger partial charge on any atom is 0.260 e. The Balaban J connectivity index is 2.15. The van der Waals surface area contributed by atoms with Gasteiger partial charge in [-0.2, -0.15) is 5.10 Å². The molecular formula is C18H20BrN3O3S. The number of halogens is 1. The number of amides is 1. The molecule has 0 spiro atoms. The van der Waals surface area contributed by atoms with Gasteiger partial charge in [-0.1, -0.05) is 46.3 Å². The van der Waals surface area contributed by atoms with Crippen molar-refractivity contribution >= 4 is 43.8 Å². The van der Waals surface area contributed by atoms with Crippen molar-refractivity contribution < 1.29 is 13.2 Å². The van der Waals surface area contributed by atoms with Gasteiger partial charge >= 0.3 is 0 Å². The number of aryl methyl sites for hydroxylation is 2. The molecule has 0 atom stereocenters. The van der Waals surface area contributed by atoms with Gasteiger partial charge in [-0.25, -0.2) is 13.8 Å². The van der Waals surface area contributed by atoms with E-state index in [0.717, 1.165) is 31.7 Å². The third kappa shape index (κ3) is 5.40. The molecule has 0 aliphatic rings. The van der Waals surface area contributed by atoms with E-state index in [-0.39, 0.29) is 6.54 Å². The van der Waals surface area contributed by atoms with E-state index in [0.29, 0.717) is 5.69 Å². The summed E-state index contributed by atoms with van der Waals surface area (Å²) in [6.07, 6.45) is 2.57. The van der Waals surface area contributed by atoms with Crippen molar-refractivity contribution in [3.63, 3.8) is 0 Å². The highest BCUT2D eigenvalue weighted by atomic mass is 79.9. The topological polar surface area (TPSA) is 78.8 Å². The van der Waals surface area contributed by atoms with E-state index in [1.165, 1.54) is 6.21 Å². The molecule has 2 aromatic rings. The molecule has 6 nitrogen and oxygen atoms in total. The van der Waals surface area contributed by atoms with Gasteiger partial charge in [-0.15, -0.1) is 0 Å². The van der Waals surface area contributed by atoms with E-state index in [2.05, 4.69) is 26.5 Å². The zero-order chi connectivity index (χ0) is 19.3. The monoisotopic (exact) mass is 437 g/mol. The lowest BCUT2D eigenvalue weighted by atomic mass is 10.1. The van der Waals surface area contributed by atoms with Crippen molar-refractivity contribution in [2.45, 2.75) is 13.8 Å². The minimum absolute atomic E-state index is 0.347. The Hall–Kier alpha value is -2.19. The van der Waals surface area contributed by atoms with E-state index in [1.54, 1.807) is 0 Å². The highest BCUT2D eigenvalue weighted by molar-refractivity contribution is 9.10. The second-order valence-electron chi connectivity index (χ2n) is 5.86. The Bertz CT molecular complexity index is 922. The molecule has 0 fully saturated rings. The largest absolute Gasteiger partial charge is 0.271 e. The predicted molar refractivity (Wildman–Crippen MR) is 108 cm³/mol. The summed E-state index contributed by atoms with van der Waals surface area (Å²) in [4.78, 5) is 12.2. The van der Waals surface area contributed by atoms with Crippen molar-refractivity contribution in [1.29, 1.82) is 0 Å². The Morgan fingerprint density at radius 2 is 1.81 bits per heavy atom. The number of para-hydroxylation sites is 1. The van der Waals surface area contributed by atoms with Gasteiger partial charge in [0.1, 0.15) is 6.54 Å². The molecule has 0 unspecified atom stereocenters. The van der Waals surface area contributed by atoms with Gasteiger partial charge < -0.3 is 0 Å². The fraction of sp³-hybridized carbons (Fsp3) is 0.222. The number of hydrazone groups is 1. The summed E-state index contributed by atoms with van der Waals surface area (Å²) in [5, 5.41) is 3.89. The Labute approximate surface area is 162 Å². The van der Waals surface area contributed by atoms with Gasteiger partial charge in [0.05, 0.1) is 18.2 Å². The number of rotatable bonds is 6. The van der Waals surface area contributed by atoms with Crippen LogP contribution in [0.4, 0.5) is 5.69 Å². The zero-order valence-electron chi connectivity index (χ0n) is 14.7. The van der Waals surface area contributed by atoms with Crippen LogP contribution in [0.2, 0.25) is 0 Å². The fourth-order valence-electron chi connectivity index (χ4n) is 2.49. The summed E-state index contributed by atoms with van der Waals surface area (Å²) < 4.78 is 26.4. The molecule has 0 saturated carbocycles. The Morgan fingerprint density at radius 3 is 2.38 bits per heavy atom. The highest BCUT2D eigenvalue weighted by Gasteiger charge is 2.23. The average molecular weight is 438 g/mol. The first-order valence-electron chi connectivity index (χ1n) is 7.80. The lowest BCUT2D eigenvalue weighted by molar-refractivity contribution is -0.119. The standard InChI is InChI=1S/C18H20BrN3O3S/c1-13-6-4-7-14(2)18(13)22(26(3,24)25)12-17(23)21-20-11-15-8-5-9-16(19)10-15/h4-11H,12H2,1-3H3,(H,21,23)/b20-11-. The number of nitrogens with one attached hydrogen (secondary N) is 1. The predicted octanol–water partition coefficient (Wildman–Crippen LogP) is 2.98. The summed E-state index contributed by atoms with van der Waals surface area (Å²) in [7, 11) is -3.63. The number of carbonyl (C=O) groups excluding carboxylic acids is 1. The Morgan fingerprint density at radius 1 is 1.19 bits per heavy atom. The number of hydrogen-bond donors (Lipinski definition) is 1. The number of anilines is 1. The summed E-state index contributed by atoms with van der Waals surface area (Å²) in [5.41, 5.74) is 5.24. The van der Waals surface area contributed by atoms with Crippen LogP contribution < -0.4 is 9.73 Å². The summed E-state index contributed by atoms with van der Waals surface area (Å²) in [6.45, 7) is 3.27. The number of hydrogen-bond acceptors (Lipinski definition) is 4. The quantitative estimate of drug-likeness (QED) is 0.557. The summed E-state index contributed by atoms with van der Waals surface area (Å²) >= 11 is 3.35. The Kier molecular flexibility index (Phi) is 6.55. The zero-order valence-corrected chi connectivity index (χ0v) is 17.1. The van der Waals surface area contributed by atoms with Gasteiger partial charge in [0.2, 0.25) is 10.0 Å². The lowest BCUT2D eigenvalue weighted by Crippen LogP contribution is -2.39. The maximum atomic E-state index is 12.2. The molecule has 1 amide bonds. The molecule has 0 heterocycles.